The number of thiophene rings is 1. The quantitative estimate of drug-likeness (QED) is 0.604. The molecule has 17 heavy (non-hydrogen) atoms. The normalized spacial score (nSPS) is 11.9. The van der Waals surface area contributed by atoms with Gasteiger partial charge in [-0.1, -0.05) is 19.9 Å². The zero-order chi connectivity index (χ0) is 12.5. The molecule has 1 rings (SSSR count). The van der Waals surface area contributed by atoms with Crippen LogP contribution >= 0.6 is 11.3 Å². The standard InChI is InChI=1S/C13H23N3S/c1-11(2)6-8-15-13(14-3)16-9-7-12-5-4-10-17-12/h4-5,10-11H,6-9H2,1-3H3,(H2,14,15,16). The Hall–Kier alpha value is -1.03. The fourth-order valence-corrected chi connectivity index (χ4v) is 2.17. The summed E-state index contributed by atoms with van der Waals surface area (Å²) in [5, 5.41) is 8.77. The van der Waals surface area contributed by atoms with Gasteiger partial charge in [-0.25, -0.2) is 0 Å². The van der Waals surface area contributed by atoms with Gasteiger partial charge in [0.05, 0.1) is 0 Å². The fraction of sp³-hybridized carbons (Fsp3) is 0.615. The van der Waals surface area contributed by atoms with Crippen molar-refractivity contribution in [1.29, 1.82) is 0 Å². The van der Waals surface area contributed by atoms with E-state index in [9.17, 15) is 0 Å². The van der Waals surface area contributed by atoms with Crippen molar-refractivity contribution in [2.75, 3.05) is 20.1 Å². The van der Waals surface area contributed by atoms with E-state index in [0.717, 1.165) is 31.4 Å². The van der Waals surface area contributed by atoms with Crippen LogP contribution in [0.1, 0.15) is 25.1 Å². The molecule has 0 aliphatic rings. The fourth-order valence-electron chi connectivity index (χ4n) is 1.46. The van der Waals surface area contributed by atoms with Crippen LogP contribution in [0.3, 0.4) is 0 Å². The van der Waals surface area contributed by atoms with Crippen LogP contribution in [0.25, 0.3) is 0 Å². The van der Waals surface area contributed by atoms with E-state index in [1.165, 1.54) is 11.3 Å². The third-order valence-corrected chi connectivity index (χ3v) is 3.42. The molecule has 1 aromatic heterocycles. The minimum Gasteiger partial charge on any atom is -0.356 e. The van der Waals surface area contributed by atoms with Gasteiger partial charge in [0, 0.05) is 25.0 Å². The molecule has 0 amide bonds. The molecule has 0 spiro atoms. The molecular formula is C13H23N3S. The number of hydrogen-bond acceptors (Lipinski definition) is 2. The lowest BCUT2D eigenvalue weighted by Crippen LogP contribution is -2.38. The van der Waals surface area contributed by atoms with Gasteiger partial charge < -0.3 is 10.6 Å². The molecule has 0 saturated carbocycles. The summed E-state index contributed by atoms with van der Waals surface area (Å²) < 4.78 is 0. The zero-order valence-corrected chi connectivity index (χ0v) is 11.8. The topological polar surface area (TPSA) is 36.4 Å². The van der Waals surface area contributed by atoms with Gasteiger partial charge in [-0.2, -0.15) is 0 Å². The Morgan fingerprint density at radius 1 is 1.35 bits per heavy atom. The first-order valence-electron chi connectivity index (χ1n) is 6.19. The molecule has 0 saturated heterocycles. The predicted molar refractivity (Wildman–Crippen MR) is 76.8 cm³/mol. The van der Waals surface area contributed by atoms with Crippen LogP contribution in [-0.2, 0) is 6.42 Å². The maximum Gasteiger partial charge on any atom is 0.190 e. The Kier molecular flexibility index (Phi) is 6.70. The summed E-state index contributed by atoms with van der Waals surface area (Å²) in [6.45, 7) is 6.38. The summed E-state index contributed by atoms with van der Waals surface area (Å²) in [6, 6.07) is 4.26. The highest BCUT2D eigenvalue weighted by Gasteiger charge is 1.99. The second kappa shape index (κ2) is 8.12. The van der Waals surface area contributed by atoms with Gasteiger partial charge >= 0.3 is 0 Å². The van der Waals surface area contributed by atoms with Crippen molar-refractivity contribution in [2.24, 2.45) is 10.9 Å². The number of guanidine groups is 1. The number of nitrogens with zero attached hydrogens (tertiary/aromatic N) is 1. The van der Waals surface area contributed by atoms with Gasteiger partial charge in [0.1, 0.15) is 0 Å². The highest BCUT2D eigenvalue weighted by Crippen LogP contribution is 2.07. The van der Waals surface area contributed by atoms with E-state index in [0.29, 0.717) is 0 Å². The summed E-state index contributed by atoms with van der Waals surface area (Å²) >= 11 is 1.80. The maximum atomic E-state index is 4.20. The van der Waals surface area contributed by atoms with Crippen molar-refractivity contribution in [1.82, 2.24) is 10.6 Å². The van der Waals surface area contributed by atoms with E-state index in [1.54, 1.807) is 11.3 Å². The first-order valence-corrected chi connectivity index (χ1v) is 7.07. The number of hydrogen-bond donors (Lipinski definition) is 2. The summed E-state index contributed by atoms with van der Waals surface area (Å²) in [5.74, 6) is 1.63. The molecule has 2 N–H and O–H groups in total. The Morgan fingerprint density at radius 3 is 2.71 bits per heavy atom. The van der Waals surface area contributed by atoms with Crippen LogP contribution < -0.4 is 10.6 Å². The molecule has 0 aromatic carbocycles. The van der Waals surface area contributed by atoms with Crippen molar-refractivity contribution >= 4 is 17.3 Å². The maximum absolute atomic E-state index is 4.20. The van der Waals surface area contributed by atoms with Crippen LogP contribution in [0.2, 0.25) is 0 Å². The average molecular weight is 253 g/mol. The van der Waals surface area contributed by atoms with Crippen LogP contribution in [0.5, 0.6) is 0 Å². The molecule has 4 heteroatoms. The van der Waals surface area contributed by atoms with Crippen LogP contribution in [0.15, 0.2) is 22.5 Å². The van der Waals surface area contributed by atoms with Crippen LogP contribution in [0.4, 0.5) is 0 Å². The average Bonchev–Trinajstić information content (AvgIpc) is 2.79. The molecule has 0 unspecified atom stereocenters. The molecule has 0 aliphatic heterocycles. The molecule has 0 aliphatic carbocycles. The number of nitrogens with one attached hydrogen (secondary N) is 2. The Morgan fingerprint density at radius 2 is 2.12 bits per heavy atom. The summed E-state index contributed by atoms with van der Waals surface area (Å²) in [5.41, 5.74) is 0. The highest BCUT2D eigenvalue weighted by atomic mass is 32.1. The van der Waals surface area contributed by atoms with E-state index in [2.05, 4.69) is 47.0 Å². The van der Waals surface area contributed by atoms with E-state index in [4.69, 9.17) is 0 Å². The van der Waals surface area contributed by atoms with E-state index in [-0.39, 0.29) is 0 Å². The summed E-state index contributed by atoms with van der Waals surface area (Å²) in [4.78, 5) is 5.61. The molecule has 0 atom stereocenters. The minimum absolute atomic E-state index is 0.728. The Bertz CT molecular complexity index is 317. The van der Waals surface area contributed by atoms with E-state index < -0.39 is 0 Å². The molecule has 1 aromatic rings. The van der Waals surface area contributed by atoms with Gasteiger partial charge in [0.25, 0.3) is 0 Å². The zero-order valence-electron chi connectivity index (χ0n) is 11.0. The monoisotopic (exact) mass is 253 g/mol. The summed E-state index contributed by atoms with van der Waals surface area (Å²) in [6.07, 6.45) is 2.23. The largest absolute Gasteiger partial charge is 0.356 e. The highest BCUT2D eigenvalue weighted by molar-refractivity contribution is 7.09. The minimum atomic E-state index is 0.728. The van der Waals surface area contributed by atoms with Gasteiger partial charge in [-0.15, -0.1) is 11.3 Å². The second-order valence-electron chi connectivity index (χ2n) is 4.44. The van der Waals surface area contributed by atoms with E-state index in [1.807, 2.05) is 7.05 Å². The number of aliphatic imine (C=N–C) groups is 1. The van der Waals surface area contributed by atoms with Gasteiger partial charge in [-0.05, 0) is 30.2 Å². The molecule has 0 radical (unpaired) electrons. The van der Waals surface area contributed by atoms with Crippen LogP contribution in [-0.4, -0.2) is 26.1 Å². The smallest absolute Gasteiger partial charge is 0.190 e. The number of rotatable bonds is 6. The molecule has 3 nitrogen and oxygen atoms in total. The second-order valence-corrected chi connectivity index (χ2v) is 5.47. The molecule has 0 bridgehead atoms. The van der Waals surface area contributed by atoms with Gasteiger partial charge in [0.15, 0.2) is 5.96 Å². The Balaban J connectivity index is 2.15. The first kappa shape index (κ1) is 14.0. The lowest BCUT2D eigenvalue weighted by molar-refractivity contribution is 0.574. The lowest BCUT2D eigenvalue weighted by Gasteiger charge is -2.12. The van der Waals surface area contributed by atoms with Crippen molar-refractivity contribution in [2.45, 2.75) is 26.7 Å². The van der Waals surface area contributed by atoms with Gasteiger partial charge in [0.2, 0.25) is 0 Å². The van der Waals surface area contributed by atoms with Crippen molar-refractivity contribution < 1.29 is 0 Å². The van der Waals surface area contributed by atoms with Gasteiger partial charge in [-0.3, -0.25) is 4.99 Å². The molecule has 1 heterocycles. The third-order valence-electron chi connectivity index (χ3n) is 2.48. The Labute approximate surface area is 108 Å². The first-order chi connectivity index (χ1) is 8.22. The lowest BCUT2D eigenvalue weighted by atomic mass is 10.1. The summed E-state index contributed by atoms with van der Waals surface area (Å²) in [7, 11) is 1.82. The van der Waals surface area contributed by atoms with Crippen molar-refractivity contribution in [3.8, 4) is 0 Å². The SMILES string of the molecule is CN=C(NCCc1cccs1)NCCC(C)C. The molecular weight excluding hydrogens is 230 g/mol. The van der Waals surface area contributed by atoms with Crippen LogP contribution in [0, 0.1) is 5.92 Å². The third kappa shape index (κ3) is 6.31. The van der Waals surface area contributed by atoms with Crippen molar-refractivity contribution in [3.63, 3.8) is 0 Å². The molecule has 0 fully saturated rings. The van der Waals surface area contributed by atoms with E-state index >= 15 is 0 Å². The van der Waals surface area contributed by atoms with Crippen molar-refractivity contribution in [3.05, 3.63) is 22.4 Å². The predicted octanol–water partition coefficient (Wildman–Crippen LogP) is 2.50. The molecule has 96 valence electrons.